The molecule has 0 spiro atoms. The highest BCUT2D eigenvalue weighted by molar-refractivity contribution is 6.07. The van der Waals surface area contributed by atoms with Crippen molar-refractivity contribution in [3.63, 3.8) is 0 Å². The number of likely N-dealkylation sites (tertiary alicyclic amines) is 1. The van der Waals surface area contributed by atoms with Gasteiger partial charge in [-0.1, -0.05) is 44.0 Å². The molecular formula is C38H46FN3O8. The first-order chi connectivity index (χ1) is 23.5. The number of rotatable bonds is 6. The van der Waals surface area contributed by atoms with E-state index in [1.54, 1.807) is 51.2 Å². The normalized spacial score (nSPS) is 35.7. The Kier molecular flexibility index (Phi) is 10.3. The van der Waals surface area contributed by atoms with E-state index in [0.717, 1.165) is 6.92 Å². The van der Waals surface area contributed by atoms with Crippen LogP contribution >= 0.6 is 0 Å². The highest BCUT2D eigenvalue weighted by Gasteiger charge is 2.69. The van der Waals surface area contributed by atoms with Crippen LogP contribution in [0.15, 0.2) is 47.6 Å². The minimum absolute atomic E-state index is 0.00533. The molecule has 3 saturated heterocycles. The van der Waals surface area contributed by atoms with Crippen molar-refractivity contribution in [3.05, 3.63) is 48.9 Å². The van der Waals surface area contributed by atoms with Crippen LogP contribution in [-0.4, -0.2) is 87.3 Å². The van der Waals surface area contributed by atoms with Gasteiger partial charge in [-0.2, -0.15) is 0 Å². The second kappa shape index (κ2) is 13.8. The van der Waals surface area contributed by atoms with Gasteiger partial charge in [-0.3, -0.25) is 24.3 Å². The van der Waals surface area contributed by atoms with Crippen LogP contribution in [0.25, 0.3) is 11.4 Å². The fraction of sp³-hybridized carbons (Fsp3) is 0.579. The van der Waals surface area contributed by atoms with Gasteiger partial charge in [0.05, 0.1) is 11.3 Å². The molecule has 12 heteroatoms. The van der Waals surface area contributed by atoms with Gasteiger partial charge >= 0.3 is 11.9 Å². The molecule has 0 aromatic carbocycles. The number of ketones is 2. The number of alkyl halides is 1. The van der Waals surface area contributed by atoms with Crippen LogP contribution in [0.2, 0.25) is 0 Å². The number of pyridine rings is 1. The lowest BCUT2D eigenvalue weighted by Crippen LogP contribution is -2.53. The van der Waals surface area contributed by atoms with E-state index in [-0.39, 0.29) is 37.8 Å². The van der Waals surface area contributed by atoms with Gasteiger partial charge in [-0.25, -0.2) is 9.18 Å². The fourth-order valence-electron chi connectivity index (χ4n) is 8.36. The van der Waals surface area contributed by atoms with Gasteiger partial charge in [0.15, 0.2) is 5.78 Å². The molecule has 50 heavy (non-hydrogen) atoms. The number of esters is 2. The van der Waals surface area contributed by atoms with E-state index in [0.29, 0.717) is 23.6 Å². The van der Waals surface area contributed by atoms with E-state index in [2.05, 4.69) is 28.6 Å². The average molecular weight is 692 g/mol. The molecule has 268 valence electrons. The van der Waals surface area contributed by atoms with Crippen molar-refractivity contribution in [2.75, 3.05) is 19.8 Å². The predicted octanol–water partition coefficient (Wildman–Crippen LogP) is 4.93. The van der Waals surface area contributed by atoms with Crippen molar-refractivity contribution < 1.29 is 42.3 Å². The number of hydrogen-bond acceptors (Lipinski definition) is 11. The molecule has 2 unspecified atom stereocenters. The number of cyclic esters (lactones) is 1. The lowest BCUT2D eigenvalue weighted by Gasteiger charge is -2.41. The molecule has 2 aromatic heterocycles. The molecule has 0 radical (unpaired) electrons. The maximum Gasteiger partial charge on any atom is 0.351 e. The minimum Gasteiger partial charge on any atom is -0.459 e. The Hall–Kier alpha value is -4.21. The van der Waals surface area contributed by atoms with E-state index in [9.17, 15) is 19.2 Å². The van der Waals surface area contributed by atoms with Crippen LogP contribution < -0.4 is 0 Å². The summed E-state index contributed by atoms with van der Waals surface area (Å²) in [4.78, 5) is 61.1. The number of carbonyl (C=O) groups excluding carboxylic acids is 4. The van der Waals surface area contributed by atoms with Gasteiger partial charge in [0.1, 0.15) is 36.3 Å². The molecule has 3 fully saturated rings. The topological polar surface area (TPSA) is 138 Å². The summed E-state index contributed by atoms with van der Waals surface area (Å²) in [7, 11) is 0. The molecule has 0 amide bonds. The maximum atomic E-state index is 16.0. The SMILES string of the molecule is C=CCC(C)N1C[C@@]2(C)C(=O)[C@H](C)C[C@@](C)(OCC#Cc3cc(-c4ccccn4)no3)C[C@@H](C)C(=O)[C@@](C)(F)C(=O)OC[C@@]3(C)OC(=O)[C@H]1C32. The van der Waals surface area contributed by atoms with Gasteiger partial charge in [0.25, 0.3) is 5.67 Å². The Morgan fingerprint density at radius 3 is 2.46 bits per heavy atom. The number of carbonyl (C=O) groups is 4. The zero-order valence-electron chi connectivity index (χ0n) is 29.8. The largest absolute Gasteiger partial charge is 0.459 e. The molecule has 2 aromatic rings. The molecule has 0 bridgehead atoms. The third kappa shape index (κ3) is 6.90. The van der Waals surface area contributed by atoms with E-state index >= 15 is 4.39 Å². The number of ether oxygens (including phenoxy) is 3. The van der Waals surface area contributed by atoms with Crippen LogP contribution in [-0.2, 0) is 33.4 Å². The molecule has 5 rings (SSSR count). The Labute approximate surface area is 292 Å². The first-order valence-corrected chi connectivity index (χ1v) is 17.0. The van der Waals surface area contributed by atoms with Crippen molar-refractivity contribution >= 4 is 23.5 Å². The van der Waals surface area contributed by atoms with Gasteiger partial charge in [-0.15, -0.1) is 6.58 Å². The number of halogens is 1. The van der Waals surface area contributed by atoms with Crippen LogP contribution in [0.4, 0.5) is 4.39 Å². The molecule has 0 N–H and O–H groups in total. The van der Waals surface area contributed by atoms with Crippen LogP contribution in [0.5, 0.6) is 0 Å². The molecule has 3 aliphatic rings. The Morgan fingerprint density at radius 2 is 1.80 bits per heavy atom. The molecule has 3 aliphatic heterocycles. The van der Waals surface area contributed by atoms with Crippen LogP contribution in [0.1, 0.15) is 73.5 Å². The standard InChI is InChI=1S/C38H46FN3O8/c1-9-13-25(4)42-21-36(6)30-29(42)33(45)49-37(30,7)22-47-34(46)38(8,39)32(44)24(3)20-35(5,19-23(2)31(36)43)48-17-12-14-26-18-28(41-50-26)27-15-10-11-16-40-27/h9-11,15-16,18,23-25,29-30H,1,13,17,19-22H2,2-8H3/t23-,24-,25?,29-,30?,35-,36-,37-,38-/m1/s1. The van der Waals surface area contributed by atoms with Crippen molar-refractivity contribution in [2.45, 2.75) is 96.7 Å². The maximum absolute atomic E-state index is 16.0. The number of nitrogens with zero attached hydrogens (tertiary/aromatic N) is 3. The summed E-state index contributed by atoms with van der Waals surface area (Å²) >= 11 is 0. The van der Waals surface area contributed by atoms with E-state index in [1.807, 2.05) is 24.8 Å². The Balaban J connectivity index is 1.47. The zero-order chi connectivity index (χ0) is 36.6. The monoisotopic (exact) mass is 691 g/mol. The summed E-state index contributed by atoms with van der Waals surface area (Å²) < 4.78 is 39.0. The highest BCUT2D eigenvalue weighted by Crippen LogP contribution is 2.55. The third-order valence-corrected chi connectivity index (χ3v) is 10.6. The number of Topliss-reactive ketones (excluding diaryl/α,β-unsaturated/α-hetero) is 2. The second-order valence-corrected chi connectivity index (χ2v) is 15.0. The first kappa shape index (κ1) is 37.1. The van der Waals surface area contributed by atoms with Gasteiger partial charge in [0, 0.05) is 48.0 Å². The smallest absolute Gasteiger partial charge is 0.351 e. The van der Waals surface area contributed by atoms with Crippen molar-refractivity contribution in [3.8, 4) is 23.2 Å². The van der Waals surface area contributed by atoms with Gasteiger partial charge < -0.3 is 18.7 Å². The lowest BCUT2D eigenvalue weighted by atomic mass is 9.64. The van der Waals surface area contributed by atoms with E-state index < -0.39 is 70.4 Å². The highest BCUT2D eigenvalue weighted by atomic mass is 19.1. The molecule has 0 saturated carbocycles. The quantitative estimate of drug-likeness (QED) is 0.177. The molecule has 5 heterocycles. The molecule has 0 aliphatic carbocycles. The third-order valence-electron chi connectivity index (χ3n) is 10.6. The summed E-state index contributed by atoms with van der Waals surface area (Å²) in [6.07, 6.45) is 4.12. The summed E-state index contributed by atoms with van der Waals surface area (Å²) in [5, 5.41) is 4.01. The fourth-order valence-corrected chi connectivity index (χ4v) is 8.36. The molecule has 9 atom stereocenters. The number of hydrogen-bond donors (Lipinski definition) is 0. The van der Waals surface area contributed by atoms with Crippen molar-refractivity contribution in [1.29, 1.82) is 0 Å². The molecular weight excluding hydrogens is 645 g/mol. The van der Waals surface area contributed by atoms with Gasteiger partial charge in [-0.05, 0) is 65.0 Å². The lowest BCUT2D eigenvalue weighted by molar-refractivity contribution is -0.178. The summed E-state index contributed by atoms with van der Waals surface area (Å²) in [6, 6.07) is 6.13. The van der Waals surface area contributed by atoms with Crippen molar-refractivity contribution in [2.24, 2.45) is 23.2 Å². The van der Waals surface area contributed by atoms with Crippen LogP contribution in [0.3, 0.4) is 0 Å². The second-order valence-electron chi connectivity index (χ2n) is 15.0. The molecule has 11 nitrogen and oxygen atoms in total. The Morgan fingerprint density at radius 1 is 1.10 bits per heavy atom. The summed E-state index contributed by atoms with van der Waals surface area (Å²) in [6.45, 7) is 14.8. The zero-order valence-corrected chi connectivity index (χ0v) is 29.8. The van der Waals surface area contributed by atoms with E-state index in [1.165, 1.54) is 6.92 Å². The van der Waals surface area contributed by atoms with E-state index in [4.69, 9.17) is 18.7 Å². The predicted molar refractivity (Wildman–Crippen MR) is 180 cm³/mol. The minimum atomic E-state index is -2.98. The van der Waals surface area contributed by atoms with Crippen LogP contribution in [0, 0.1) is 35.0 Å². The average Bonchev–Trinajstić information content (AvgIpc) is 3.75. The van der Waals surface area contributed by atoms with Crippen molar-refractivity contribution in [1.82, 2.24) is 15.0 Å². The first-order valence-electron chi connectivity index (χ1n) is 17.0. The Bertz CT molecular complexity index is 1710. The summed E-state index contributed by atoms with van der Waals surface area (Å²) in [5.41, 5.74) is -5.55. The number of aromatic nitrogens is 2. The summed E-state index contributed by atoms with van der Waals surface area (Å²) in [5.74, 6) is 0.714. The van der Waals surface area contributed by atoms with Gasteiger partial charge in [0.2, 0.25) is 5.76 Å².